The highest BCUT2D eigenvalue weighted by molar-refractivity contribution is 5.81. The number of methoxy groups -OCH3 is 1. The van der Waals surface area contributed by atoms with Gasteiger partial charge in [-0.15, -0.1) is 0 Å². The van der Waals surface area contributed by atoms with Gasteiger partial charge in [-0.2, -0.15) is 5.10 Å². The molecule has 4 rings (SSSR count). The fraction of sp³-hybridized carbons (Fsp3) is 0.154. The zero-order valence-corrected chi connectivity index (χ0v) is 18.7. The molecule has 0 saturated heterocycles. The molecular weight excluding hydrogens is 432 g/mol. The number of nitrogens with zero attached hydrogens (tertiary/aromatic N) is 3. The van der Waals surface area contributed by atoms with Gasteiger partial charge in [-0.05, 0) is 48.4 Å². The Morgan fingerprint density at radius 2 is 1.74 bits per heavy atom. The van der Waals surface area contributed by atoms with E-state index in [1.54, 1.807) is 23.9 Å². The molecule has 172 valence electrons. The van der Waals surface area contributed by atoms with Gasteiger partial charge in [0, 0.05) is 36.0 Å². The fourth-order valence-electron chi connectivity index (χ4n) is 3.61. The molecular formula is C26H24N4O4. The summed E-state index contributed by atoms with van der Waals surface area (Å²) in [5.74, 6) is 0.672. The molecule has 1 N–H and O–H groups in total. The van der Waals surface area contributed by atoms with Gasteiger partial charge in [0.15, 0.2) is 0 Å². The van der Waals surface area contributed by atoms with Crippen molar-refractivity contribution in [2.75, 3.05) is 13.7 Å². The lowest BCUT2D eigenvalue weighted by atomic mass is 10.1. The van der Waals surface area contributed by atoms with E-state index in [0.717, 1.165) is 22.6 Å². The van der Waals surface area contributed by atoms with Gasteiger partial charge in [0.05, 0.1) is 29.8 Å². The SMILES string of the molecule is COc1ccc(CCNC(=O)Cc2cn(-c3ccccc3)nc2-c2ccc([N+](=O)[O-])cc2)cc1. The number of para-hydroxylation sites is 1. The van der Waals surface area contributed by atoms with Crippen LogP contribution in [0.2, 0.25) is 0 Å². The van der Waals surface area contributed by atoms with Crippen LogP contribution in [-0.4, -0.2) is 34.3 Å². The van der Waals surface area contributed by atoms with Crippen LogP contribution >= 0.6 is 0 Å². The number of nitro benzene ring substituents is 1. The van der Waals surface area contributed by atoms with Gasteiger partial charge in [-0.3, -0.25) is 14.9 Å². The van der Waals surface area contributed by atoms with E-state index in [1.165, 1.54) is 12.1 Å². The van der Waals surface area contributed by atoms with Crippen molar-refractivity contribution >= 4 is 11.6 Å². The number of nitro groups is 1. The lowest BCUT2D eigenvalue weighted by Gasteiger charge is -2.07. The first kappa shape index (κ1) is 22.7. The molecule has 1 heterocycles. The predicted octanol–water partition coefficient (Wildman–Crippen LogP) is 4.36. The topological polar surface area (TPSA) is 99.3 Å². The summed E-state index contributed by atoms with van der Waals surface area (Å²) < 4.78 is 6.89. The van der Waals surface area contributed by atoms with Crippen molar-refractivity contribution in [2.45, 2.75) is 12.8 Å². The Labute approximate surface area is 197 Å². The fourth-order valence-corrected chi connectivity index (χ4v) is 3.61. The number of rotatable bonds is 9. The summed E-state index contributed by atoms with van der Waals surface area (Å²) in [6, 6.07) is 23.5. The quantitative estimate of drug-likeness (QED) is 0.298. The molecule has 0 unspecified atom stereocenters. The van der Waals surface area contributed by atoms with Crippen molar-refractivity contribution in [2.24, 2.45) is 0 Å². The van der Waals surface area contributed by atoms with Gasteiger partial charge in [-0.1, -0.05) is 30.3 Å². The average molecular weight is 457 g/mol. The average Bonchev–Trinajstić information content (AvgIpc) is 3.28. The summed E-state index contributed by atoms with van der Waals surface area (Å²) in [6.07, 6.45) is 2.67. The van der Waals surface area contributed by atoms with Crippen LogP contribution in [0.25, 0.3) is 16.9 Å². The zero-order chi connectivity index (χ0) is 23.9. The van der Waals surface area contributed by atoms with E-state index in [0.29, 0.717) is 24.2 Å². The van der Waals surface area contributed by atoms with Crippen LogP contribution in [0.4, 0.5) is 5.69 Å². The molecule has 0 aliphatic rings. The maximum absolute atomic E-state index is 12.7. The summed E-state index contributed by atoms with van der Waals surface area (Å²) in [5, 5.41) is 18.7. The minimum absolute atomic E-state index is 0.00377. The molecule has 1 amide bonds. The van der Waals surface area contributed by atoms with Crippen molar-refractivity contribution in [1.82, 2.24) is 15.1 Å². The van der Waals surface area contributed by atoms with Crippen molar-refractivity contribution in [3.63, 3.8) is 0 Å². The van der Waals surface area contributed by atoms with Crippen LogP contribution in [-0.2, 0) is 17.6 Å². The van der Waals surface area contributed by atoms with E-state index in [-0.39, 0.29) is 18.0 Å². The number of ether oxygens (including phenoxy) is 1. The molecule has 0 aliphatic carbocycles. The van der Waals surface area contributed by atoms with Crippen LogP contribution in [0.1, 0.15) is 11.1 Å². The van der Waals surface area contributed by atoms with Crippen LogP contribution in [0.15, 0.2) is 85.1 Å². The standard InChI is InChI=1S/C26H24N4O4/c1-34-24-13-7-19(8-14-24)15-16-27-25(31)17-21-18-29(22-5-3-2-4-6-22)28-26(21)20-9-11-23(12-10-20)30(32)33/h2-14,18H,15-17H2,1H3,(H,27,31). The third-order valence-corrected chi connectivity index (χ3v) is 5.41. The molecule has 1 aromatic heterocycles. The van der Waals surface area contributed by atoms with E-state index in [4.69, 9.17) is 4.74 Å². The monoisotopic (exact) mass is 456 g/mol. The van der Waals surface area contributed by atoms with Crippen molar-refractivity contribution in [3.8, 4) is 22.7 Å². The van der Waals surface area contributed by atoms with Gasteiger partial charge in [0.2, 0.25) is 5.91 Å². The maximum atomic E-state index is 12.7. The summed E-state index contributed by atoms with van der Waals surface area (Å²) >= 11 is 0. The zero-order valence-electron chi connectivity index (χ0n) is 18.7. The Bertz CT molecular complexity index is 1270. The van der Waals surface area contributed by atoms with Crippen molar-refractivity contribution in [3.05, 3.63) is 106 Å². The summed E-state index contributed by atoms with van der Waals surface area (Å²) in [7, 11) is 1.63. The highest BCUT2D eigenvalue weighted by Crippen LogP contribution is 2.26. The van der Waals surface area contributed by atoms with Gasteiger partial charge in [0.1, 0.15) is 5.75 Å². The first-order valence-corrected chi connectivity index (χ1v) is 10.8. The minimum atomic E-state index is -0.441. The normalized spacial score (nSPS) is 10.6. The third-order valence-electron chi connectivity index (χ3n) is 5.41. The van der Waals surface area contributed by atoms with E-state index in [2.05, 4.69) is 10.4 Å². The number of non-ortho nitro benzene ring substituents is 1. The second-order valence-electron chi connectivity index (χ2n) is 7.71. The summed E-state index contributed by atoms with van der Waals surface area (Å²) in [5.41, 5.74) is 4.02. The molecule has 8 nitrogen and oxygen atoms in total. The molecule has 0 spiro atoms. The van der Waals surface area contributed by atoms with Crippen molar-refractivity contribution < 1.29 is 14.5 Å². The number of hydrogen-bond acceptors (Lipinski definition) is 5. The third kappa shape index (κ3) is 5.47. The number of carbonyl (C=O) groups is 1. The van der Waals surface area contributed by atoms with Gasteiger partial charge in [-0.25, -0.2) is 4.68 Å². The van der Waals surface area contributed by atoms with E-state index >= 15 is 0 Å². The summed E-state index contributed by atoms with van der Waals surface area (Å²) in [6.45, 7) is 0.505. The van der Waals surface area contributed by atoms with Gasteiger partial charge >= 0.3 is 0 Å². The molecule has 0 atom stereocenters. The lowest BCUT2D eigenvalue weighted by molar-refractivity contribution is -0.384. The molecule has 0 fully saturated rings. The van der Waals surface area contributed by atoms with E-state index in [1.807, 2.05) is 60.8 Å². The molecule has 0 bridgehead atoms. The molecule has 0 aliphatic heterocycles. The number of amides is 1. The first-order valence-electron chi connectivity index (χ1n) is 10.8. The van der Waals surface area contributed by atoms with Crippen molar-refractivity contribution in [1.29, 1.82) is 0 Å². The van der Waals surface area contributed by atoms with Crippen LogP contribution in [0.5, 0.6) is 5.75 Å². The Kier molecular flexibility index (Phi) is 6.98. The van der Waals surface area contributed by atoms with Gasteiger partial charge < -0.3 is 10.1 Å². The highest BCUT2D eigenvalue weighted by Gasteiger charge is 2.16. The number of aromatic nitrogens is 2. The number of carbonyl (C=O) groups excluding carboxylic acids is 1. The number of nitrogens with one attached hydrogen (secondary N) is 1. The maximum Gasteiger partial charge on any atom is 0.269 e. The Balaban J connectivity index is 1.50. The van der Waals surface area contributed by atoms with Gasteiger partial charge in [0.25, 0.3) is 5.69 Å². The number of hydrogen-bond donors (Lipinski definition) is 1. The second-order valence-corrected chi connectivity index (χ2v) is 7.71. The Hall–Kier alpha value is -4.46. The molecule has 34 heavy (non-hydrogen) atoms. The molecule has 0 radical (unpaired) electrons. The van der Waals surface area contributed by atoms with Crippen LogP contribution < -0.4 is 10.1 Å². The van der Waals surface area contributed by atoms with Crippen LogP contribution in [0.3, 0.4) is 0 Å². The molecule has 4 aromatic rings. The van der Waals surface area contributed by atoms with Crippen LogP contribution in [0, 0.1) is 10.1 Å². The number of benzene rings is 3. The second kappa shape index (κ2) is 10.4. The van der Waals surface area contributed by atoms with E-state index in [9.17, 15) is 14.9 Å². The Morgan fingerprint density at radius 3 is 2.38 bits per heavy atom. The first-order chi connectivity index (χ1) is 16.5. The molecule has 3 aromatic carbocycles. The Morgan fingerprint density at radius 1 is 1.03 bits per heavy atom. The smallest absolute Gasteiger partial charge is 0.269 e. The molecule has 0 saturated carbocycles. The minimum Gasteiger partial charge on any atom is -0.497 e. The lowest BCUT2D eigenvalue weighted by Crippen LogP contribution is -2.27. The largest absolute Gasteiger partial charge is 0.497 e. The highest BCUT2D eigenvalue weighted by atomic mass is 16.6. The molecule has 8 heteroatoms. The van der Waals surface area contributed by atoms with E-state index < -0.39 is 4.92 Å². The predicted molar refractivity (Wildman–Crippen MR) is 129 cm³/mol. The summed E-state index contributed by atoms with van der Waals surface area (Å²) in [4.78, 5) is 23.3.